The Morgan fingerprint density at radius 1 is 1.40 bits per heavy atom. The lowest BCUT2D eigenvalue weighted by molar-refractivity contribution is -0.135. The number of nitrogens with one attached hydrogen (secondary N) is 1. The third-order valence-electron chi connectivity index (χ3n) is 4.51. The summed E-state index contributed by atoms with van der Waals surface area (Å²) >= 11 is 1.51. The molecule has 0 radical (unpaired) electrons. The van der Waals surface area contributed by atoms with Crippen molar-refractivity contribution in [3.05, 3.63) is 30.1 Å². The van der Waals surface area contributed by atoms with Crippen LogP contribution in [0.15, 0.2) is 24.5 Å². The normalized spacial score (nSPS) is 20.4. The van der Waals surface area contributed by atoms with Crippen LogP contribution in [0.25, 0.3) is 0 Å². The Kier molecular flexibility index (Phi) is 7.71. The van der Waals surface area contributed by atoms with E-state index in [1.807, 2.05) is 43.3 Å². The van der Waals surface area contributed by atoms with Crippen molar-refractivity contribution in [2.75, 3.05) is 31.6 Å². The molecule has 25 heavy (non-hydrogen) atoms. The second-order valence-corrected chi connectivity index (χ2v) is 7.12. The maximum absolute atomic E-state index is 12.9. The molecule has 2 rings (SSSR count). The van der Waals surface area contributed by atoms with Gasteiger partial charge in [-0.25, -0.2) is 0 Å². The molecule has 1 N–H and O–H groups in total. The van der Waals surface area contributed by atoms with Gasteiger partial charge in [0.25, 0.3) is 0 Å². The van der Waals surface area contributed by atoms with Gasteiger partial charge in [-0.3, -0.25) is 19.5 Å². The molecular formula is C18H28N4O2S. The Hall–Kier alpha value is -1.60. The zero-order chi connectivity index (χ0) is 18.2. The number of rotatable bonds is 8. The van der Waals surface area contributed by atoms with Crippen LogP contribution >= 0.6 is 11.8 Å². The van der Waals surface area contributed by atoms with Crippen LogP contribution in [0.4, 0.5) is 0 Å². The number of carbonyl (C=O) groups excluding carboxylic acids is 2. The number of likely N-dealkylation sites (N-methyl/N-ethyl adjacent to an activating group) is 1. The van der Waals surface area contributed by atoms with Crippen molar-refractivity contribution >= 4 is 23.6 Å². The van der Waals surface area contributed by atoms with Crippen LogP contribution in [0.3, 0.4) is 0 Å². The molecule has 0 aliphatic carbocycles. The highest BCUT2D eigenvalue weighted by atomic mass is 32.2. The molecule has 1 aromatic rings. The van der Waals surface area contributed by atoms with Gasteiger partial charge in [0.15, 0.2) is 0 Å². The van der Waals surface area contributed by atoms with Crippen LogP contribution in [0.5, 0.6) is 0 Å². The number of aromatic nitrogens is 1. The van der Waals surface area contributed by atoms with Crippen molar-refractivity contribution in [1.82, 2.24) is 20.1 Å². The molecule has 1 aromatic heterocycles. The Morgan fingerprint density at radius 3 is 2.76 bits per heavy atom. The van der Waals surface area contributed by atoms with Crippen LogP contribution in [-0.4, -0.2) is 70.3 Å². The third-order valence-corrected chi connectivity index (χ3v) is 5.06. The smallest absolute Gasteiger partial charge is 0.240 e. The topological polar surface area (TPSA) is 65.5 Å². The van der Waals surface area contributed by atoms with Gasteiger partial charge in [-0.15, -0.1) is 0 Å². The molecule has 6 nitrogen and oxygen atoms in total. The van der Waals surface area contributed by atoms with E-state index in [-0.39, 0.29) is 23.9 Å². The lowest BCUT2D eigenvalue weighted by atomic mass is 10.1. The number of amides is 2. The van der Waals surface area contributed by atoms with Gasteiger partial charge in [0.1, 0.15) is 0 Å². The minimum Gasteiger partial charge on any atom is -0.351 e. The molecule has 0 spiro atoms. The molecule has 1 fully saturated rings. The number of carbonyl (C=O) groups is 2. The Morgan fingerprint density at radius 2 is 2.16 bits per heavy atom. The zero-order valence-electron chi connectivity index (χ0n) is 15.3. The zero-order valence-corrected chi connectivity index (χ0v) is 16.1. The first-order valence-electron chi connectivity index (χ1n) is 8.79. The predicted octanol–water partition coefficient (Wildman–Crippen LogP) is 1.37. The molecule has 0 aromatic carbocycles. The predicted molar refractivity (Wildman–Crippen MR) is 101 cm³/mol. The van der Waals surface area contributed by atoms with E-state index in [4.69, 9.17) is 0 Å². The second kappa shape index (κ2) is 9.77. The first-order valence-corrected chi connectivity index (χ1v) is 10.2. The van der Waals surface area contributed by atoms with Gasteiger partial charge in [0.05, 0.1) is 11.8 Å². The van der Waals surface area contributed by atoms with Crippen LogP contribution in [0.1, 0.15) is 25.8 Å². The average molecular weight is 365 g/mol. The average Bonchev–Trinajstić information content (AvgIpc) is 2.99. The van der Waals surface area contributed by atoms with E-state index in [0.29, 0.717) is 38.4 Å². The molecule has 2 heterocycles. The Labute approximate surface area is 154 Å². The number of hydrogen-bond acceptors (Lipinski definition) is 5. The van der Waals surface area contributed by atoms with Gasteiger partial charge in [0.2, 0.25) is 11.8 Å². The van der Waals surface area contributed by atoms with E-state index in [1.165, 1.54) is 11.8 Å². The van der Waals surface area contributed by atoms with E-state index in [0.717, 1.165) is 5.56 Å². The molecule has 2 amide bonds. The quantitative estimate of drug-likeness (QED) is 0.755. The largest absolute Gasteiger partial charge is 0.351 e. The number of likely N-dealkylation sites (tertiary alicyclic amines) is 1. The lowest BCUT2D eigenvalue weighted by Crippen LogP contribution is -2.45. The first-order chi connectivity index (χ1) is 12.1. The minimum absolute atomic E-state index is 0.0147. The number of pyridine rings is 1. The fourth-order valence-electron chi connectivity index (χ4n) is 3.31. The fraction of sp³-hybridized carbons (Fsp3) is 0.611. The molecule has 1 saturated heterocycles. The maximum atomic E-state index is 12.9. The number of nitrogens with zero attached hydrogens (tertiary/aromatic N) is 3. The summed E-state index contributed by atoms with van der Waals surface area (Å²) in [5.74, 6) is 0.638. The summed E-state index contributed by atoms with van der Waals surface area (Å²) in [7, 11) is 0. The van der Waals surface area contributed by atoms with E-state index >= 15 is 0 Å². The Bertz CT molecular complexity index is 565. The molecular weight excluding hydrogens is 336 g/mol. The molecule has 1 aliphatic rings. The van der Waals surface area contributed by atoms with Crippen molar-refractivity contribution in [1.29, 1.82) is 0 Å². The summed E-state index contributed by atoms with van der Waals surface area (Å²) in [5, 5.41) is 3.07. The summed E-state index contributed by atoms with van der Waals surface area (Å²) in [5.41, 5.74) is 1.08. The Balaban J connectivity index is 2.10. The highest BCUT2D eigenvalue weighted by Gasteiger charge is 2.38. The van der Waals surface area contributed by atoms with Crippen LogP contribution in [-0.2, 0) is 16.1 Å². The molecule has 1 aliphatic heterocycles. The van der Waals surface area contributed by atoms with Gasteiger partial charge in [-0.05, 0) is 38.2 Å². The summed E-state index contributed by atoms with van der Waals surface area (Å²) in [6, 6.07) is 3.75. The van der Waals surface area contributed by atoms with E-state index in [9.17, 15) is 9.59 Å². The third kappa shape index (κ3) is 5.44. The second-order valence-electron chi connectivity index (χ2n) is 6.25. The highest BCUT2D eigenvalue weighted by molar-refractivity contribution is 7.99. The summed E-state index contributed by atoms with van der Waals surface area (Å²) in [4.78, 5) is 33.0. The van der Waals surface area contributed by atoms with E-state index < -0.39 is 0 Å². The number of hydrogen-bond donors (Lipinski definition) is 1. The van der Waals surface area contributed by atoms with Gasteiger partial charge in [-0.2, -0.15) is 11.8 Å². The van der Waals surface area contributed by atoms with Crippen molar-refractivity contribution in [3.8, 4) is 0 Å². The molecule has 2 atom stereocenters. The molecule has 7 heteroatoms. The van der Waals surface area contributed by atoms with Crippen molar-refractivity contribution in [2.45, 2.75) is 38.9 Å². The van der Waals surface area contributed by atoms with Gasteiger partial charge < -0.3 is 10.2 Å². The summed E-state index contributed by atoms with van der Waals surface area (Å²) in [6.45, 7) is 6.76. The van der Waals surface area contributed by atoms with Crippen molar-refractivity contribution < 1.29 is 9.59 Å². The molecule has 0 saturated carbocycles. The van der Waals surface area contributed by atoms with Gasteiger partial charge in [0, 0.05) is 44.6 Å². The molecule has 138 valence electrons. The summed E-state index contributed by atoms with van der Waals surface area (Å²) < 4.78 is 0. The molecule has 0 unspecified atom stereocenters. The SMILES string of the molecule is CCN(CC)C(=O)[C@@H]1C[C@H](NC(=O)CSC)CN1Cc1cccnc1. The summed E-state index contributed by atoms with van der Waals surface area (Å²) in [6.07, 6.45) is 6.15. The fourth-order valence-corrected chi connectivity index (χ4v) is 3.66. The maximum Gasteiger partial charge on any atom is 0.240 e. The standard InChI is InChI=1S/C18H28N4O2S/c1-4-21(5-2)18(24)16-9-15(20-17(23)13-25-3)12-22(16)11-14-7-6-8-19-10-14/h6-8,10,15-16H,4-5,9,11-13H2,1-3H3,(H,20,23)/t15-,16-/m0/s1. The highest BCUT2D eigenvalue weighted by Crippen LogP contribution is 2.22. The molecule has 0 bridgehead atoms. The van der Waals surface area contributed by atoms with Crippen LogP contribution in [0.2, 0.25) is 0 Å². The van der Waals surface area contributed by atoms with Crippen LogP contribution in [0, 0.1) is 0 Å². The van der Waals surface area contributed by atoms with E-state index in [2.05, 4.69) is 15.2 Å². The lowest BCUT2D eigenvalue weighted by Gasteiger charge is -2.28. The number of thioether (sulfide) groups is 1. The van der Waals surface area contributed by atoms with Gasteiger partial charge >= 0.3 is 0 Å². The van der Waals surface area contributed by atoms with Crippen molar-refractivity contribution in [2.24, 2.45) is 0 Å². The van der Waals surface area contributed by atoms with E-state index in [1.54, 1.807) is 6.20 Å². The van der Waals surface area contributed by atoms with Crippen molar-refractivity contribution in [3.63, 3.8) is 0 Å². The minimum atomic E-state index is -0.195. The van der Waals surface area contributed by atoms with Gasteiger partial charge in [-0.1, -0.05) is 6.07 Å². The monoisotopic (exact) mass is 364 g/mol. The van der Waals surface area contributed by atoms with Crippen LogP contribution < -0.4 is 5.32 Å². The first kappa shape index (κ1) is 19.7.